The number of nitrogens with zero attached hydrogens (tertiary/aromatic N) is 1. The molecule has 0 radical (unpaired) electrons. The maximum atomic E-state index is 11.5. The van der Waals surface area contributed by atoms with Crippen LogP contribution in [-0.2, 0) is 4.79 Å². The smallest absolute Gasteiger partial charge is 0.222 e. The standard InChI is InChI=1S/C11H15NO2S/c1-12(2)11(14)7-3-5-9(13)10-6-4-8-15-10/h4,6,8H,3,5,7H2,1-2H3. The summed E-state index contributed by atoms with van der Waals surface area (Å²) in [5.41, 5.74) is 0. The summed E-state index contributed by atoms with van der Waals surface area (Å²) in [5.74, 6) is 0.213. The highest BCUT2D eigenvalue weighted by Gasteiger charge is 2.08. The fourth-order valence-electron chi connectivity index (χ4n) is 1.18. The van der Waals surface area contributed by atoms with Crippen LogP contribution in [0.5, 0.6) is 0 Å². The summed E-state index contributed by atoms with van der Waals surface area (Å²) in [7, 11) is 3.45. The lowest BCUT2D eigenvalue weighted by molar-refractivity contribution is -0.128. The van der Waals surface area contributed by atoms with E-state index >= 15 is 0 Å². The molecule has 4 heteroatoms. The van der Waals surface area contributed by atoms with Crippen LogP contribution in [0, 0.1) is 0 Å². The molecule has 0 spiro atoms. The van der Waals surface area contributed by atoms with E-state index in [0.29, 0.717) is 19.3 Å². The largest absolute Gasteiger partial charge is 0.349 e. The minimum atomic E-state index is 0.0778. The summed E-state index contributed by atoms with van der Waals surface area (Å²) in [5, 5.41) is 1.89. The zero-order chi connectivity index (χ0) is 11.3. The molecule has 1 heterocycles. The summed E-state index contributed by atoms with van der Waals surface area (Å²) in [4.78, 5) is 25.1. The molecule has 0 N–H and O–H groups in total. The average Bonchev–Trinajstić information content (AvgIpc) is 2.70. The highest BCUT2D eigenvalue weighted by Crippen LogP contribution is 2.13. The van der Waals surface area contributed by atoms with Crippen LogP contribution in [-0.4, -0.2) is 30.7 Å². The molecule has 0 aliphatic carbocycles. The van der Waals surface area contributed by atoms with Crippen molar-refractivity contribution in [1.29, 1.82) is 0 Å². The Kier molecular flexibility index (Phi) is 4.49. The summed E-state index contributed by atoms with van der Waals surface area (Å²) >= 11 is 1.45. The van der Waals surface area contributed by atoms with Crippen molar-refractivity contribution in [2.45, 2.75) is 19.3 Å². The predicted molar refractivity (Wildman–Crippen MR) is 61.2 cm³/mol. The van der Waals surface area contributed by atoms with Gasteiger partial charge in [0.15, 0.2) is 5.78 Å². The van der Waals surface area contributed by atoms with Gasteiger partial charge in [0.2, 0.25) is 5.91 Å². The van der Waals surface area contributed by atoms with Gasteiger partial charge in [0.25, 0.3) is 0 Å². The molecule has 1 aromatic rings. The Hall–Kier alpha value is -1.16. The molecule has 3 nitrogen and oxygen atoms in total. The second-order valence-electron chi connectivity index (χ2n) is 3.54. The Bertz CT molecular complexity index is 330. The van der Waals surface area contributed by atoms with Crippen molar-refractivity contribution in [3.05, 3.63) is 22.4 Å². The highest BCUT2D eigenvalue weighted by molar-refractivity contribution is 7.12. The molecule has 0 unspecified atom stereocenters. The van der Waals surface area contributed by atoms with Crippen molar-refractivity contribution >= 4 is 23.0 Å². The normalized spacial score (nSPS) is 10.0. The lowest BCUT2D eigenvalue weighted by Gasteiger charge is -2.08. The van der Waals surface area contributed by atoms with Gasteiger partial charge >= 0.3 is 0 Å². The quantitative estimate of drug-likeness (QED) is 0.720. The Morgan fingerprint density at radius 3 is 2.60 bits per heavy atom. The minimum Gasteiger partial charge on any atom is -0.349 e. The molecule has 0 saturated heterocycles. The molecule has 0 bridgehead atoms. The van der Waals surface area contributed by atoms with Crippen molar-refractivity contribution in [2.75, 3.05) is 14.1 Å². The van der Waals surface area contributed by atoms with Crippen LogP contribution in [0.25, 0.3) is 0 Å². The van der Waals surface area contributed by atoms with Crippen LogP contribution in [0.1, 0.15) is 28.9 Å². The van der Waals surface area contributed by atoms with Gasteiger partial charge in [0.05, 0.1) is 4.88 Å². The topological polar surface area (TPSA) is 37.4 Å². The zero-order valence-corrected chi connectivity index (χ0v) is 9.84. The third kappa shape index (κ3) is 3.83. The second kappa shape index (κ2) is 5.66. The maximum absolute atomic E-state index is 11.5. The van der Waals surface area contributed by atoms with E-state index in [4.69, 9.17) is 0 Å². The number of ketones is 1. The molecule has 1 aromatic heterocycles. The second-order valence-corrected chi connectivity index (χ2v) is 4.49. The van der Waals surface area contributed by atoms with E-state index in [9.17, 15) is 9.59 Å². The molecule has 1 rings (SSSR count). The molecule has 15 heavy (non-hydrogen) atoms. The molecule has 0 aromatic carbocycles. The lowest BCUT2D eigenvalue weighted by atomic mass is 10.1. The first-order valence-electron chi connectivity index (χ1n) is 4.88. The van der Waals surface area contributed by atoms with Crippen LogP contribution in [0.15, 0.2) is 17.5 Å². The maximum Gasteiger partial charge on any atom is 0.222 e. The molecular weight excluding hydrogens is 210 g/mol. The molecule has 0 aliphatic rings. The first kappa shape index (κ1) is 11.9. The van der Waals surface area contributed by atoms with Gasteiger partial charge in [-0.1, -0.05) is 6.07 Å². The van der Waals surface area contributed by atoms with E-state index in [1.807, 2.05) is 17.5 Å². The monoisotopic (exact) mass is 225 g/mol. The van der Waals surface area contributed by atoms with Gasteiger partial charge in [-0.15, -0.1) is 11.3 Å². The number of hydrogen-bond donors (Lipinski definition) is 0. The number of Topliss-reactive ketones (excluding diaryl/α,β-unsaturated/α-hetero) is 1. The molecule has 82 valence electrons. The van der Waals surface area contributed by atoms with Crippen molar-refractivity contribution in [2.24, 2.45) is 0 Å². The number of carbonyl (C=O) groups is 2. The third-order valence-electron chi connectivity index (χ3n) is 2.09. The van der Waals surface area contributed by atoms with E-state index in [1.165, 1.54) is 11.3 Å². The first-order valence-corrected chi connectivity index (χ1v) is 5.76. The third-order valence-corrected chi connectivity index (χ3v) is 3.00. The van der Waals surface area contributed by atoms with Gasteiger partial charge in [-0.05, 0) is 17.9 Å². The summed E-state index contributed by atoms with van der Waals surface area (Å²) < 4.78 is 0. The van der Waals surface area contributed by atoms with Crippen molar-refractivity contribution < 1.29 is 9.59 Å². The van der Waals surface area contributed by atoms with Crippen LogP contribution in [0.3, 0.4) is 0 Å². The zero-order valence-electron chi connectivity index (χ0n) is 9.03. The van der Waals surface area contributed by atoms with E-state index < -0.39 is 0 Å². The van der Waals surface area contributed by atoms with Crippen LogP contribution in [0.2, 0.25) is 0 Å². The van der Waals surface area contributed by atoms with E-state index in [0.717, 1.165) is 4.88 Å². The summed E-state index contributed by atoms with van der Waals surface area (Å²) in [6.07, 6.45) is 1.54. The average molecular weight is 225 g/mol. The fraction of sp³-hybridized carbons (Fsp3) is 0.455. The van der Waals surface area contributed by atoms with Crippen molar-refractivity contribution in [1.82, 2.24) is 4.90 Å². The van der Waals surface area contributed by atoms with Gasteiger partial charge in [-0.2, -0.15) is 0 Å². The Labute approximate surface area is 93.7 Å². The molecule has 0 atom stereocenters. The van der Waals surface area contributed by atoms with Crippen LogP contribution < -0.4 is 0 Å². The number of rotatable bonds is 5. The fourth-order valence-corrected chi connectivity index (χ4v) is 1.88. The number of hydrogen-bond acceptors (Lipinski definition) is 3. The van der Waals surface area contributed by atoms with E-state index in [2.05, 4.69) is 0 Å². The predicted octanol–water partition coefficient (Wildman–Crippen LogP) is 2.19. The molecule has 0 aliphatic heterocycles. The Morgan fingerprint density at radius 2 is 2.07 bits per heavy atom. The van der Waals surface area contributed by atoms with E-state index in [1.54, 1.807) is 19.0 Å². The lowest BCUT2D eigenvalue weighted by Crippen LogP contribution is -2.21. The molecule has 1 amide bonds. The van der Waals surface area contributed by atoms with Gasteiger partial charge in [0.1, 0.15) is 0 Å². The molecular formula is C11H15NO2S. The van der Waals surface area contributed by atoms with Crippen molar-refractivity contribution in [3.63, 3.8) is 0 Å². The first-order chi connectivity index (χ1) is 7.11. The van der Waals surface area contributed by atoms with Crippen molar-refractivity contribution in [3.8, 4) is 0 Å². The van der Waals surface area contributed by atoms with Gasteiger partial charge in [-0.3, -0.25) is 9.59 Å². The van der Waals surface area contributed by atoms with Gasteiger partial charge < -0.3 is 4.90 Å². The van der Waals surface area contributed by atoms with E-state index in [-0.39, 0.29) is 11.7 Å². The van der Waals surface area contributed by atoms with Crippen LogP contribution >= 0.6 is 11.3 Å². The SMILES string of the molecule is CN(C)C(=O)CCCC(=O)c1cccs1. The summed E-state index contributed by atoms with van der Waals surface area (Å²) in [6, 6.07) is 3.68. The van der Waals surface area contributed by atoms with Gasteiger partial charge in [0, 0.05) is 26.9 Å². The summed E-state index contributed by atoms with van der Waals surface area (Å²) in [6.45, 7) is 0. The minimum absolute atomic E-state index is 0.0778. The Morgan fingerprint density at radius 1 is 1.33 bits per heavy atom. The molecule has 0 fully saturated rings. The number of amides is 1. The number of thiophene rings is 1. The van der Waals surface area contributed by atoms with Crippen LogP contribution in [0.4, 0.5) is 0 Å². The Balaban J connectivity index is 2.27. The molecule has 0 saturated carbocycles. The highest BCUT2D eigenvalue weighted by atomic mass is 32.1. The van der Waals surface area contributed by atoms with Gasteiger partial charge in [-0.25, -0.2) is 0 Å². The number of carbonyl (C=O) groups excluding carboxylic acids is 2.